The van der Waals surface area contributed by atoms with Gasteiger partial charge >= 0.3 is 5.97 Å². The Morgan fingerprint density at radius 2 is 1.86 bits per heavy atom. The Balaban J connectivity index is 2.30. The van der Waals surface area contributed by atoms with Gasteiger partial charge in [0.05, 0.1) is 29.7 Å². The monoisotopic (exact) mass is 421 g/mol. The van der Waals surface area contributed by atoms with Gasteiger partial charge in [-0.25, -0.2) is 17.5 Å². The summed E-state index contributed by atoms with van der Waals surface area (Å²) in [6.07, 6.45) is -0.233. The molecule has 1 amide bonds. The molecule has 0 aliphatic carbocycles. The molecule has 9 nitrogen and oxygen atoms in total. The molecule has 1 aromatic heterocycles. The molecule has 0 aliphatic heterocycles. The zero-order valence-corrected chi connectivity index (χ0v) is 17.6. The second-order valence-corrected chi connectivity index (χ2v) is 8.72. The third kappa shape index (κ3) is 4.72. The number of hydrogen-bond acceptors (Lipinski definition) is 6. The van der Waals surface area contributed by atoms with E-state index in [9.17, 15) is 22.8 Å². The smallest absolute Gasteiger partial charge is 0.339 e. The van der Waals surface area contributed by atoms with E-state index in [-0.39, 0.29) is 39.7 Å². The van der Waals surface area contributed by atoms with Crippen LogP contribution in [-0.2, 0) is 26.0 Å². The molecule has 29 heavy (non-hydrogen) atoms. The number of esters is 1. The number of nitrogens with one attached hydrogen (secondary N) is 2. The van der Waals surface area contributed by atoms with Gasteiger partial charge in [-0.2, -0.15) is 0 Å². The number of ketones is 1. The summed E-state index contributed by atoms with van der Waals surface area (Å²) in [4.78, 5) is 39.2. The first kappa shape index (κ1) is 22.3. The lowest BCUT2D eigenvalue weighted by Gasteiger charge is -2.12. The molecule has 0 fully saturated rings. The number of rotatable bonds is 7. The highest BCUT2D eigenvalue weighted by atomic mass is 32.2. The SMILES string of the molecule is COC(=O)c1c(CC(=O)Nc2cccc(S(=O)(=O)N(C)C)c2)[nH]c(C(C)=O)c1C. The fourth-order valence-corrected chi connectivity index (χ4v) is 3.78. The lowest BCUT2D eigenvalue weighted by atomic mass is 10.1. The molecule has 156 valence electrons. The van der Waals surface area contributed by atoms with Gasteiger partial charge in [0.25, 0.3) is 0 Å². The van der Waals surface area contributed by atoms with Gasteiger partial charge < -0.3 is 15.0 Å². The number of carbonyl (C=O) groups is 3. The van der Waals surface area contributed by atoms with Crippen LogP contribution in [0.4, 0.5) is 5.69 Å². The number of aromatic amines is 1. The first-order valence-electron chi connectivity index (χ1n) is 8.62. The Hall–Kier alpha value is -2.98. The van der Waals surface area contributed by atoms with E-state index in [1.54, 1.807) is 13.0 Å². The van der Waals surface area contributed by atoms with Crippen molar-refractivity contribution in [1.29, 1.82) is 0 Å². The van der Waals surface area contributed by atoms with Crippen molar-refractivity contribution in [3.05, 3.63) is 46.8 Å². The van der Waals surface area contributed by atoms with Gasteiger partial charge in [-0.15, -0.1) is 0 Å². The molecule has 1 heterocycles. The summed E-state index contributed by atoms with van der Waals surface area (Å²) in [5, 5.41) is 2.60. The fourth-order valence-electron chi connectivity index (χ4n) is 2.83. The first-order chi connectivity index (χ1) is 13.5. The van der Waals surface area contributed by atoms with Crippen molar-refractivity contribution in [2.45, 2.75) is 25.2 Å². The number of benzene rings is 1. The molecule has 0 atom stereocenters. The van der Waals surface area contributed by atoms with Crippen molar-refractivity contribution in [3.63, 3.8) is 0 Å². The van der Waals surface area contributed by atoms with E-state index in [0.717, 1.165) is 4.31 Å². The Bertz CT molecular complexity index is 1070. The number of carbonyl (C=O) groups excluding carboxylic acids is 3. The molecular weight excluding hydrogens is 398 g/mol. The number of sulfonamides is 1. The highest BCUT2D eigenvalue weighted by Crippen LogP contribution is 2.22. The Morgan fingerprint density at radius 1 is 1.21 bits per heavy atom. The molecule has 0 unspecified atom stereocenters. The minimum Gasteiger partial charge on any atom is -0.465 e. The maximum absolute atomic E-state index is 12.5. The third-order valence-electron chi connectivity index (χ3n) is 4.30. The zero-order valence-electron chi connectivity index (χ0n) is 16.8. The predicted octanol–water partition coefficient (Wildman–Crippen LogP) is 1.74. The molecule has 0 bridgehead atoms. The second-order valence-electron chi connectivity index (χ2n) is 6.57. The van der Waals surface area contributed by atoms with Gasteiger partial charge in [0, 0.05) is 32.4 Å². The molecular formula is C19H23N3O6S. The lowest BCUT2D eigenvalue weighted by Crippen LogP contribution is -2.22. The van der Waals surface area contributed by atoms with Crippen LogP contribution in [0.1, 0.15) is 39.0 Å². The zero-order chi connectivity index (χ0) is 21.9. The molecule has 2 aromatic rings. The van der Waals surface area contributed by atoms with Crippen LogP contribution in [0.15, 0.2) is 29.2 Å². The number of methoxy groups -OCH3 is 1. The molecule has 0 radical (unpaired) electrons. The van der Waals surface area contributed by atoms with Crippen LogP contribution >= 0.6 is 0 Å². The number of ether oxygens (including phenoxy) is 1. The first-order valence-corrected chi connectivity index (χ1v) is 10.1. The quantitative estimate of drug-likeness (QED) is 0.518. The topological polar surface area (TPSA) is 126 Å². The molecule has 0 aliphatic rings. The summed E-state index contributed by atoms with van der Waals surface area (Å²) >= 11 is 0. The number of Topliss-reactive ketones (excluding diaryl/α,β-unsaturated/α-hetero) is 1. The minimum absolute atomic E-state index is 0.0325. The summed E-state index contributed by atoms with van der Waals surface area (Å²) in [7, 11) is 0.385. The van der Waals surface area contributed by atoms with Crippen molar-refractivity contribution < 1.29 is 27.5 Å². The largest absolute Gasteiger partial charge is 0.465 e. The van der Waals surface area contributed by atoms with Crippen LogP contribution in [0.2, 0.25) is 0 Å². The van der Waals surface area contributed by atoms with Gasteiger partial charge in [0.15, 0.2) is 5.78 Å². The van der Waals surface area contributed by atoms with E-state index in [1.807, 2.05) is 0 Å². The lowest BCUT2D eigenvalue weighted by molar-refractivity contribution is -0.115. The molecule has 2 N–H and O–H groups in total. The predicted molar refractivity (Wildman–Crippen MR) is 107 cm³/mol. The minimum atomic E-state index is -3.65. The summed E-state index contributed by atoms with van der Waals surface area (Å²) < 4.78 is 30.3. The van der Waals surface area contributed by atoms with Crippen LogP contribution < -0.4 is 5.32 Å². The molecule has 0 saturated heterocycles. The van der Waals surface area contributed by atoms with Gasteiger partial charge in [-0.3, -0.25) is 9.59 Å². The van der Waals surface area contributed by atoms with Gasteiger partial charge in [0.1, 0.15) is 0 Å². The molecule has 0 spiro atoms. The van der Waals surface area contributed by atoms with E-state index in [1.165, 1.54) is 46.3 Å². The standard InChI is InChI=1S/C19H23N3O6S/c1-11-17(19(25)28-5)15(21-18(11)12(2)23)10-16(24)20-13-7-6-8-14(9-13)29(26,27)22(3)4/h6-9,21H,10H2,1-5H3,(H,20,24). The van der Waals surface area contributed by atoms with Crippen LogP contribution in [-0.4, -0.2) is 56.6 Å². The Labute approximate surface area is 169 Å². The Morgan fingerprint density at radius 3 is 2.41 bits per heavy atom. The normalized spacial score (nSPS) is 11.4. The van der Waals surface area contributed by atoms with Gasteiger partial charge in [-0.1, -0.05) is 6.07 Å². The third-order valence-corrected chi connectivity index (χ3v) is 6.11. The molecule has 0 saturated carbocycles. The molecule has 1 aromatic carbocycles. The highest BCUT2D eigenvalue weighted by Gasteiger charge is 2.24. The molecule has 2 rings (SSSR count). The van der Waals surface area contributed by atoms with E-state index in [2.05, 4.69) is 10.3 Å². The number of hydrogen-bond donors (Lipinski definition) is 2. The van der Waals surface area contributed by atoms with Crippen molar-refractivity contribution >= 4 is 33.4 Å². The number of amides is 1. The van der Waals surface area contributed by atoms with E-state index in [0.29, 0.717) is 5.56 Å². The highest BCUT2D eigenvalue weighted by molar-refractivity contribution is 7.89. The van der Waals surface area contributed by atoms with Gasteiger partial charge in [-0.05, 0) is 30.7 Å². The van der Waals surface area contributed by atoms with Crippen molar-refractivity contribution in [1.82, 2.24) is 9.29 Å². The van der Waals surface area contributed by atoms with E-state index < -0.39 is 21.9 Å². The summed E-state index contributed by atoms with van der Waals surface area (Å²) in [6, 6.07) is 5.83. The second kappa shape index (κ2) is 8.58. The summed E-state index contributed by atoms with van der Waals surface area (Å²) in [5.74, 6) is -1.43. The van der Waals surface area contributed by atoms with Crippen molar-refractivity contribution in [2.24, 2.45) is 0 Å². The molecule has 10 heteroatoms. The Kier molecular flexibility index (Phi) is 6.60. The average Bonchev–Trinajstić information content (AvgIpc) is 2.97. The maximum Gasteiger partial charge on any atom is 0.339 e. The van der Waals surface area contributed by atoms with E-state index >= 15 is 0 Å². The van der Waals surface area contributed by atoms with Crippen LogP contribution in [0.3, 0.4) is 0 Å². The summed E-state index contributed by atoms with van der Waals surface area (Å²) in [6.45, 7) is 2.94. The number of aromatic nitrogens is 1. The van der Waals surface area contributed by atoms with Crippen molar-refractivity contribution in [3.8, 4) is 0 Å². The number of nitrogens with zero attached hydrogens (tertiary/aromatic N) is 1. The van der Waals surface area contributed by atoms with E-state index in [4.69, 9.17) is 4.74 Å². The van der Waals surface area contributed by atoms with Crippen LogP contribution in [0.5, 0.6) is 0 Å². The van der Waals surface area contributed by atoms with Gasteiger partial charge in [0.2, 0.25) is 15.9 Å². The number of H-pyrrole nitrogens is 1. The average molecular weight is 421 g/mol. The maximum atomic E-state index is 12.5. The fraction of sp³-hybridized carbons (Fsp3) is 0.316. The summed E-state index contributed by atoms with van der Waals surface area (Å²) in [5.41, 5.74) is 1.30. The van der Waals surface area contributed by atoms with Crippen LogP contribution in [0, 0.1) is 6.92 Å². The number of anilines is 1. The van der Waals surface area contributed by atoms with Crippen molar-refractivity contribution in [2.75, 3.05) is 26.5 Å². The van der Waals surface area contributed by atoms with Crippen LogP contribution in [0.25, 0.3) is 0 Å².